The zero-order valence-electron chi connectivity index (χ0n) is 14.0. The van der Waals surface area contributed by atoms with Crippen LogP contribution >= 0.6 is 15.9 Å². The van der Waals surface area contributed by atoms with Crippen LogP contribution in [0, 0.1) is 0 Å². The van der Waals surface area contributed by atoms with E-state index in [2.05, 4.69) is 26.1 Å². The van der Waals surface area contributed by atoms with Gasteiger partial charge in [0, 0.05) is 19.6 Å². The van der Waals surface area contributed by atoms with Gasteiger partial charge in [0.2, 0.25) is 0 Å². The van der Waals surface area contributed by atoms with E-state index >= 15 is 0 Å². The van der Waals surface area contributed by atoms with E-state index in [-0.39, 0.29) is 11.9 Å². The van der Waals surface area contributed by atoms with E-state index in [1.165, 1.54) is 0 Å². The molecule has 7 heteroatoms. The Morgan fingerprint density at radius 2 is 1.96 bits per heavy atom. The van der Waals surface area contributed by atoms with E-state index in [0.29, 0.717) is 30.2 Å². The number of carbonyl (C=O) groups is 1. The van der Waals surface area contributed by atoms with Gasteiger partial charge in [0.05, 0.1) is 26.4 Å². The number of nitrogens with zero attached hydrogens (tertiary/aromatic N) is 1. The van der Waals surface area contributed by atoms with E-state index in [9.17, 15) is 4.79 Å². The fourth-order valence-corrected chi connectivity index (χ4v) is 3.19. The predicted octanol–water partition coefficient (Wildman–Crippen LogP) is 2.85. The highest BCUT2D eigenvalue weighted by Crippen LogP contribution is 2.24. The Bertz CT molecular complexity index is 695. The molecule has 1 fully saturated rings. The second-order valence-corrected chi connectivity index (χ2v) is 6.53. The van der Waals surface area contributed by atoms with Crippen LogP contribution in [0.25, 0.3) is 0 Å². The van der Waals surface area contributed by atoms with Crippen molar-refractivity contribution >= 4 is 21.8 Å². The molecule has 1 saturated heterocycles. The fraction of sp³-hybridized carbons (Fsp3) is 0.389. The van der Waals surface area contributed by atoms with Gasteiger partial charge in [-0.25, -0.2) is 0 Å². The third kappa shape index (κ3) is 4.62. The molecule has 0 aliphatic carbocycles. The lowest BCUT2D eigenvalue weighted by atomic mass is 10.0. The van der Waals surface area contributed by atoms with Crippen molar-refractivity contribution < 1.29 is 18.7 Å². The smallest absolute Gasteiger partial charge is 0.287 e. The highest BCUT2D eigenvalue weighted by molar-refractivity contribution is 9.10. The minimum atomic E-state index is -0.225. The molecule has 1 aromatic carbocycles. The number of hydrogen-bond acceptors (Lipinski definition) is 5. The van der Waals surface area contributed by atoms with Crippen molar-refractivity contribution in [1.82, 2.24) is 10.2 Å². The number of rotatable bonds is 6. The number of amides is 1. The molecular formula is C18H21BrN2O4. The van der Waals surface area contributed by atoms with Gasteiger partial charge >= 0.3 is 0 Å². The van der Waals surface area contributed by atoms with Gasteiger partial charge in [0.15, 0.2) is 10.4 Å². The number of ether oxygens (including phenoxy) is 2. The third-order valence-corrected chi connectivity index (χ3v) is 4.67. The minimum Gasteiger partial charge on any atom is -0.497 e. The van der Waals surface area contributed by atoms with E-state index in [1.54, 1.807) is 19.2 Å². The SMILES string of the molecule is COc1ccc(C(CNC(=O)c2ccc(Br)o2)N2CCOCC2)cc1. The molecule has 134 valence electrons. The summed E-state index contributed by atoms with van der Waals surface area (Å²) in [4.78, 5) is 14.6. The molecule has 25 heavy (non-hydrogen) atoms. The maximum Gasteiger partial charge on any atom is 0.287 e. The van der Waals surface area contributed by atoms with Crippen LogP contribution in [0.5, 0.6) is 5.75 Å². The number of halogens is 1. The number of carbonyl (C=O) groups excluding carboxylic acids is 1. The van der Waals surface area contributed by atoms with Crippen LogP contribution in [0.3, 0.4) is 0 Å². The van der Waals surface area contributed by atoms with Gasteiger partial charge in [-0.3, -0.25) is 9.69 Å². The summed E-state index contributed by atoms with van der Waals surface area (Å²) in [5.74, 6) is 0.883. The molecule has 6 nitrogen and oxygen atoms in total. The first-order valence-electron chi connectivity index (χ1n) is 8.16. The summed E-state index contributed by atoms with van der Waals surface area (Å²) in [5, 5.41) is 2.97. The normalized spacial score (nSPS) is 16.4. The van der Waals surface area contributed by atoms with Crippen molar-refractivity contribution in [2.24, 2.45) is 0 Å². The summed E-state index contributed by atoms with van der Waals surface area (Å²) in [6.45, 7) is 3.55. The molecule has 1 N–H and O–H groups in total. The number of hydrogen-bond donors (Lipinski definition) is 1. The number of methoxy groups -OCH3 is 1. The van der Waals surface area contributed by atoms with Gasteiger partial charge < -0.3 is 19.2 Å². The lowest BCUT2D eigenvalue weighted by molar-refractivity contribution is 0.0161. The third-order valence-electron chi connectivity index (χ3n) is 4.24. The predicted molar refractivity (Wildman–Crippen MR) is 96.9 cm³/mol. The summed E-state index contributed by atoms with van der Waals surface area (Å²) in [7, 11) is 1.65. The van der Waals surface area contributed by atoms with E-state index in [0.717, 1.165) is 24.4 Å². The van der Waals surface area contributed by atoms with E-state index in [4.69, 9.17) is 13.9 Å². The van der Waals surface area contributed by atoms with Crippen LogP contribution in [-0.2, 0) is 4.74 Å². The highest BCUT2D eigenvalue weighted by Gasteiger charge is 2.24. The van der Waals surface area contributed by atoms with Crippen LogP contribution in [0.1, 0.15) is 22.2 Å². The van der Waals surface area contributed by atoms with Gasteiger partial charge in [-0.15, -0.1) is 0 Å². The van der Waals surface area contributed by atoms with Crippen LogP contribution < -0.4 is 10.1 Å². The van der Waals surface area contributed by atoms with Crippen molar-refractivity contribution in [1.29, 1.82) is 0 Å². The first-order chi connectivity index (χ1) is 12.2. The molecule has 1 atom stereocenters. The molecule has 1 aliphatic heterocycles. The Morgan fingerprint density at radius 1 is 1.24 bits per heavy atom. The monoisotopic (exact) mass is 408 g/mol. The van der Waals surface area contributed by atoms with Crippen LogP contribution in [0.4, 0.5) is 0 Å². The molecule has 0 bridgehead atoms. The van der Waals surface area contributed by atoms with Crippen molar-refractivity contribution in [2.45, 2.75) is 6.04 Å². The Hall–Kier alpha value is -1.83. The molecule has 1 unspecified atom stereocenters. The molecule has 0 radical (unpaired) electrons. The topological polar surface area (TPSA) is 63.9 Å². The van der Waals surface area contributed by atoms with Crippen molar-refractivity contribution in [3.63, 3.8) is 0 Å². The molecule has 1 aromatic heterocycles. The number of morpholine rings is 1. The second-order valence-electron chi connectivity index (χ2n) is 5.75. The van der Waals surface area contributed by atoms with Gasteiger partial charge in [-0.2, -0.15) is 0 Å². The summed E-state index contributed by atoms with van der Waals surface area (Å²) < 4.78 is 16.5. The summed E-state index contributed by atoms with van der Waals surface area (Å²) in [6.07, 6.45) is 0. The van der Waals surface area contributed by atoms with Gasteiger partial charge in [0.25, 0.3) is 5.91 Å². The molecule has 3 rings (SSSR count). The summed E-state index contributed by atoms with van der Waals surface area (Å²) >= 11 is 3.21. The molecule has 0 saturated carbocycles. The molecule has 1 aliphatic rings. The first kappa shape index (κ1) is 18.0. The van der Waals surface area contributed by atoms with Gasteiger partial charge in [0.1, 0.15) is 5.75 Å². The van der Waals surface area contributed by atoms with Crippen molar-refractivity contribution in [3.8, 4) is 5.75 Å². The van der Waals surface area contributed by atoms with Gasteiger partial charge in [-0.1, -0.05) is 12.1 Å². The zero-order chi connectivity index (χ0) is 17.6. The first-order valence-corrected chi connectivity index (χ1v) is 8.96. The van der Waals surface area contributed by atoms with Crippen molar-refractivity contribution in [3.05, 3.63) is 52.4 Å². The standard InChI is InChI=1S/C18H21BrN2O4/c1-23-14-4-2-13(3-5-14)15(21-8-10-24-11-9-21)12-20-18(22)16-6-7-17(19)25-16/h2-7,15H,8-12H2,1H3,(H,20,22). The molecule has 0 spiro atoms. The quantitative estimate of drug-likeness (QED) is 0.795. The van der Waals surface area contributed by atoms with Crippen LogP contribution in [-0.4, -0.2) is 50.8 Å². The molecule has 2 aromatic rings. The average molecular weight is 409 g/mol. The number of benzene rings is 1. The largest absolute Gasteiger partial charge is 0.497 e. The maximum atomic E-state index is 12.3. The fourth-order valence-electron chi connectivity index (χ4n) is 2.89. The zero-order valence-corrected chi connectivity index (χ0v) is 15.6. The second kappa shape index (κ2) is 8.51. The molecular weight excluding hydrogens is 388 g/mol. The lowest BCUT2D eigenvalue weighted by Crippen LogP contribution is -2.43. The number of nitrogens with one attached hydrogen (secondary N) is 1. The Balaban J connectivity index is 1.72. The number of furan rings is 1. The highest BCUT2D eigenvalue weighted by atomic mass is 79.9. The summed E-state index contributed by atoms with van der Waals surface area (Å²) in [6, 6.07) is 11.4. The Morgan fingerprint density at radius 3 is 2.56 bits per heavy atom. The lowest BCUT2D eigenvalue weighted by Gasteiger charge is -2.34. The Labute approximate surface area is 155 Å². The van der Waals surface area contributed by atoms with E-state index < -0.39 is 0 Å². The van der Waals surface area contributed by atoms with Gasteiger partial charge in [-0.05, 0) is 45.8 Å². The minimum absolute atomic E-state index is 0.0668. The summed E-state index contributed by atoms with van der Waals surface area (Å²) in [5.41, 5.74) is 1.13. The van der Waals surface area contributed by atoms with E-state index in [1.807, 2.05) is 24.3 Å². The molecule has 1 amide bonds. The van der Waals surface area contributed by atoms with Crippen LogP contribution in [0.2, 0.25) is 0 Å². The maximum absolute atomic E-state index is 12.3. The molecule has 2 heterocycles. The Kier molecular flexibility index (Phi) is 6.12. The van der Waals surface area contributed by atoms with Crippen LogP contribution in [0.15, 0.2) is 45.5 Å². The van der Waals surface area contributed by atoms with Crippen molar-refractivity contribution in [2.75, 3.05) is 40.0 Å². The average Bonchev–Trinajstić information content (AvgIpc) is 3.10.